The summed E-state index contributed by atoms with van der Waals surface area (Å²) >= 11 is 0. The van der Waals surface area contributed by atoms with E-state index in [-0.39, 0.29) is 0 Å². The maximum Gasteiger partial charge on any atom is 0.0996 e. The zero-order valence-electron chi connectivity index (χ0n) is 9.52. The van der Waals surface area contributed by atoms with Gasteiger partial charge in [0.05, 0.1) is 24.5 Å². The molecule has 0 spiro atoms. The summed E-state index contributed by atoms with van der Waals surface area (Å²) in [6, 6.07) is 1.02. The number of nitrogens with zero attached hydrogens (tertiary/aromatic N) is 3. The Morgan fingerprint density at radius 1 is 1.25 bits per heavy atom. The monoisotopic (exact) mass is 221 g/mol. The smallest absolute Gasteiger partial charge is 0.0996 e. The standard InChI is InChI=1S/C11H19N5/c1-3-9(12-5-1)7-16-8-11(14-15-16)10-4-2-6-13-10/h8-10,12-13H,1-7H2. The van der Waals surface area contributed by atoms with E-state index in [1.807, 2.05) is 4.68 Å². The third-order valence-electron chi connectivity index (χ3n) is 3.54. The number of nitrogens with one attached hydrogen (secondary N) is 2. The highest BCUT2D eigenvalue weighted by Crippen LogP contribution is 2.20. The summed E-state index contributed by atoms with van der Waals surface area (Å²) in [5.41, 5.74) is 1.11. The molecule has 0 amide bonds. The predicted octanol–water partition coefficient (Wildman–Crippen LogP) is 0.455. The molecule has 0 bridgehead atoms. The fourth-order valence-electron chi connectivity index (χ4n) is 2.64. The van der Waals surface area contributed by atoms with Crippen molar-refractivity contribution in [2.75, 3.05) is 13.1 Å². The molecule has 1 aromatic heterocycles. The van der Waals surface area contributed by atoms with Gasteiger partial charge in [0.2, 0.25) is 0 Å². The largest absolute Gasteiger partial charge is 0.312 e. The molecule has 0 aliphatic carbocycles. The van der Waals surface area contributed by atoms with Crippen molar-refractivity contribution in [3.8, 4) is 0 Å². The maximum absolute atomic E-state index is 4.26. The minimum Gasteiger partial charge on any atom is -0.312 e. The summed E-state index contributed by atoms with van der Waals surface area (Å²) in [4.78, 5) is 0. The third kappa shape index (κ3) is 2.10. The van der Waals surface area contributed by atoms with Crippen molar-refractivity contribution in [2.24, 2.45) is 0 Å². The highest BCUT2D eigenvalue weighted by atomic mass is 15.4. The summed E-state index contributed by atoms with van der Waals surface area (Å²) in [6.07, 6.45) is 7.10. The molecule has 16 heavy (non-hydrogen) atoms. The fourth-order valence-corrected chi connectivity index (χ4v) is 2.64. The van der Waals surface area contributed by atoms with E-state index in [2.05, 4.69) is 27.1 Å². The molecule has 3 rings (SSSR count). The van der Waals surface area contributed by atoms with E-state index < -0.39 is 0 Å². The Hall–Kier alpha value is -0.940. The predicted molar refractivity (Wildman–Crippen MR) is 61.0 cm³/mol. The van der Waals surface area contributed by atoms with E-state index in [9.17, 15) is 0 Å². The van der Waals surface area contributed by atoms with Gasteiger partial charge < -0.3 is 10.6 Å². The zero-order chi connectivity index (χ0) is 10.8. The molecule has 5 heteroatoms. The van der Waals surface area contributed by atoms with Gasteiger partial charge in [0.15, 0.2) is 0 Å². The lowest BCUT2D eigenvalue weighted by atomic mass is 10.2. The number of rotatable bonds is 3. The van der Waals surface area contributed by atoms with Gasteiger partial charge in [-0.3, -0.25) is 4.68 Å². The van der Waals surface area contributed by atoms with Crippen molar-refractivity contribution >= 4 is 0 Å². The second-order valence-electron chi connectivity index (χ2n) is 4.81. The van der Waals surface area contributed by atoms with Crippen molar-refractivity contribution in [3.05, 3.63) is 11.9 Å². The van der Waals surface area contributed by atoms with Gasteiger partial charge in [0.1, 0.15) is 0 Å². The van der Waals surface area contributed by atoms with Crippen LogP contribution in [0, 0.1) is 0 Å². The minimum absolute atomic E-state index is 0.435. The molecular weight excluding hydrogens is 202 g/mol. The Balaban J connectivity index is 1.62. The van der Waals surface area contributed by atoms with Gasteiger partial charge >= 0.3 is 0 Å². The first-order valence-electron chi connectivity index (χ1n) is 6.28. The lowest BCUT2D eigenvalue weighted by Crippen LogP contribution is -2.26. The van der Waals surface area contributed by atoms with Crippen LogP contribution in [-0.2, 0) is 6.54 Å². The molecule has 2 unspecified atom stereocenters. The van der Waals surface area contributed by atoms with Gasteiger partial charge in [-0.1, -0.05) is 5.21 Å². The Morgan fingerprint density at radius 2 is 2.12 bits per heavy atom. The van der Waals surface area contributed by atoms with Crippen molar-refractivity contribution in [3.63, 3.8) is 0 Å². The Bertz CT molecular complexity index is 336. The Labute approximate surface area is 95.6 Å². The van der Waals surface area contributed by atoms with E-state index >= 15 is 0 Å². The molecule has 2 saturated heterocycles. The van der Waals surface area contributed by atoms with Crippen molar-refractivity contribution in [2.45, 2.75) is 44.3 Å². The van der Waals surface area contributed by atoms with Gasteiger partial charge in [-0.15, -0.1) is 5.10 Å². The van der Waals surface area contributed by atoms with Gasteiger partial charge in [0, 0.05) is 6.04 Å². The first kappa shape index (κ1) is 10.2. The highest BCUT2D eigenvalue weighted by Gasteiger charge is 2.20. The van der Waals surface area contributed by atoms with Crippen LogP contribution in [0.15, 0.2) is 6.20 Å². The van der Waals surface area contributed by atoms with Gasteiger partial charge in [0.25, 0.3) is 0 Å². The SMILES string of the molecule is c1c(C2CCCN2)nnn1CC1CCCN1. The molecule has 88 valence electrons. The summed E-state index contributed by atoms with van der Waals surface area (Å²) < 4.78 is 1.98. The van der Waals surface area contributed by atoms with Gasteiger partial charge in [-0.05, 0) is 38.8 Å². The van der Waals surface area contributed by atoms with E-state index in [0.717, 1.165) is 25.3 Å². The molecule has 5 nitrogen and oxygen atoms in total. The number of hydrogen-bond donors (Lipinski definition) is 2. The Kier molecular flexibility index (Phi) is 2.88. The second-order valence-corrected chi connectivity index (χ2v) is 4.81. The molecule has 1 aromatic rings. The van der Waals surface area contributed by atoms with Crippen LogP contribution in [0.1, 0.15) is 37.4 Å². The van der Waals surface area contributed by atoms with Crippen molar-refractivity contribution in [1.29, 1.82) is 0 Å². The number of hydrogen-bond acceptors (Lipinski definition) is 4. The highest BCUT2D eigenvalue weighted by molar-refractivity contribution is 5.02. The molecule has 2 aliphatic rings. The average molecular weight is 221 g/mol. The lowest BCUT2D eigenvalue weighted by molar-refractivity contribution is 0.466. The first-order valence-corrected chi connectivity index (χ1v) is 6.28. The van der Waals surface area contributed by atoms with Crippen LogP contribution in [-0.4, -0.2) is 34.1 Å². The van der Waals surface area contributed by atoms with Crippen LogP contribution < -0.4 is 10.6 Å². The van der Waals surface area contributed by atoms with E-state index in [1.165, 1.54) is 25.7 Å². The number of aromatic nitrogens is 3. The van der Waals surface area contributed by atoms with Crippen LogP contribution in [0.4, 0.5) is 0 Å². The summed E-state index contributed by atoms with van der Waals surface area (Å²) in [7, 11) is 0. The Morgan fingerprint density at radius 3 is 2.88 bits per heavy atom. The molecule has 2 N–H and O–H groups in total. The quantitative estimate of drug-likeness (QED) is 0.778. The molecule has 3 heterocycles. The molecule has 0 radical (unpaired) electrons. The average Bonchev–Trinajstić information content (AvgIpc) is 2.99. The molecular formula is C11H19N5. The summed E-state index contributed by atoms with van der Waals surface area (Å²) in [5, 5.41) is 15.4. The van der Waals surface area contributed by atoms with E-state index in [4.69, 9.17) is 0 Å². The van der Waals surface area contributed by atoms with Crippen LogP contribution in [0.3, 0.4) is 0 Å². The lowest BCUT2D eigenvalue weighted by Gasteiger charge is -2.08. The first-order chi connectivity index (χ1) is 7.92. The van der Waals surface area contributed by atoms with Crippen LogP contribution in [0.5, 0.6) is 0 Å². The normalized spacial score (nSPS) is 30.0. The molecule has 2 aliphatic heterocycles. The molecule has 0 saturated carbocycles. The molecule has 2 atom stereocenters. The summed E-state index contributed by atoms with van der Waals surface area (Å²) in [6.45, 7) is 3.22. The van der Waals surface area contributed by atoms with E-state index in [0.29, 0.717) is 12.1 Å². The van der Waals surface area contributed by atoms with Gasteiger partial charge in [-0.25, -0.2) is 0 Å². The van der Waals surface area contributed by atoms with Crippen LogP contribution in [0.2, 0.25) is 0 Å². The molecule has 0 aromatic carbocycles. The third-order valence-corrected chi connectivity index (χ3v) is 3.54. The zero-order valence-corrected chi connectivity index (χ0v) is 9.52. The maximum atomic E-state index is 4.26. The second kappa shape index (κ2) is 4.51. The van der Waals surface area contributed by atoms with Gasteiger partial charge in [-0.2, -0.15) is 0 Å². The minimum atomic E-state index is 0.435. The van der Waals surface area contributed by atoms with Crippen LogP contribution >= 0.6 is 0 Å². The van der Waals surface area contributed by atoms with Crippen LogP contribution in [0.25, 0.3) is 0 Å². The van der Waals surface area contributed by atoms with E-state index in [1.54, 1.807) is 0 Å². The summed E-state index contributed by atoms with van der Waals surface area (Å²) in [5.74, 6) is 0. The fraction of sp³-hybridized carbons (Fsp3) is 0.818. The van der Waals surface area contributed by atoms with Crippen molar-refractivity contribution in [1.82, 2.24) is 25.6 Å². The van der Waals surface area contributed by atoms with Crippen molar-refractivity contribution < 1.29 is 0 Å². The topological polar surface area (TPSA) is 54.8 Å². The molecule has 2 fully saturated rings.